The molecule has 0 radical (unpaired) electrons. The van der Waals surface area contributed by atoms with E-state index in [1.165, 1.54) is 0 Å². The zero-order valence-corrected chi connectivity index (χ0v) is 7.18. The largest absolute Gasteiger partial charge is 0.397 e. The molecule has 0 atom stereocenters. The van der Waals surface area contributed by atoms with Crippen LogP contribution in [-0.4, -0.2) is 19.7 Å². The SMILES string of the molecule is Cn1cnnc1-c1ccncc1N. The lowest BCUT2D eigenvalue weighted by atomic mass is 10.2. The first-order valence-corrected chi connectivity index (χ1v) is 3.83. The monoisotopic (exact) mass is 175 g/mol. The van der Waals surface area contributed by atoms with E-state index < -0.39 is 0 Å². The van der Waals surface area contributed by atoms with Crippen LogP contribution >= 0.6 is 0 Å². The van der Waals surface area contributed by atoms with Crippen molar-refractivity contribution in [3.63, 3.8) is 0 Å². The molecule has 2 N–H and O–H groups in total. The van der Waals surface area contributed by atoms with Gasteiger partial charge in [0.2, 0.25) is 0 Å². The molecule has 0 amide bonds. The quantitative estimate of drug-likeness (QED) is 0.683. The molecule has 0 aliphatic heterocycles. The van der Waals surface area contributed by atoms with E-state index in [0.29, 0.717) is 5.69 Å². The lowest BCUT2D eigenvalue weighted by Gasteiger charge is -2.02. The van der Waals surface area contributed by atoms with Crippen molar-refractivity contribution in [2.24, 2.45) is 7.05 Å². The Hall–Kier alpha value is -1.91. The molecule has 66 valence electrons. The average molecular weight is 175 g/mol. The Labute approximate surface area is 75.2 Å². The van der Waals surface area contributed by atoms with E-state index >= 15 is 0 Å². The summed E-state index contributed by atoms with van der Waals surface area (Å²) in [5, 5.41) is 7.73. The fraction of sp³-hybridized carbons (Fsp3) is 0.125. The standard InChI is InChI=1S/C8H9N5/c1-13-5-11-12-8(13)6-2-3-10-4-7(6)9/h2-5H,9H2,1H3. The molecule has 0 spiro atoms. The Bertz CT molecular complexity index is 420. The van der Waals surface area contributed by atoms with E-state index in [2.05, 4.69) is 15.2 Å². The van der Waals surface area contributed by atoms with Crippen LogP contribution in [0.1, 0.15) is 0 Å². The molecule has 2 aromatic rings. The van der Waals surface area contributed by atoms with Crippen LogP contribution in [0.2, 0.25) is 0 Å². The minimum Gasteiger partial charge on any atom is -0.397 e. The molecule has 0 fully saturated rings. The number of pyridine rings is 1. The minimum absolute atomic E-state index is 0.610. The van der Waals surface area contributed by atoms with E-state index in [-0.39, 0.29) is 0 Å². The van der Waals surface area contributed by atoms with Crippen molar-refractivity contribution in [3.05, 3.63) is 24.8 Å². The van der Waals surface area contributed by atoms with Gasteiger partial charge in [-0.3, -0.25) is 4.98 Å². The lowest BCUT2D eigenvalue weighted by molar-refractivity contribution is 0.919. The molecule has 5 nitrogen and oxygen atoms in total. The van der Waals surface area contributed by atoms with Crippen LogP contribution in [0, 0.1) is 0 Å². The van der Waals surface area contributed by atoms with Crippen molar-refractivity contribution in [1.82, 2.24) is 19.7 Å². The summed E-state index contributed by atoms with van der Waals surface area (Å²) >= 11 is 0. The highest BCUT2D eigenvalue weighted by Crippen LogP contribution is 2.20. The number of nitrogens with zero attached hydrogens (tertiary/aromatic N) is 4. The van der Waals surface area contributed by atoms with Gasteiger partial charge in [0.15, 0.2) is 5.82 Å². The molecular weight excluding hydrogens is 166 g/mol. The van der Waals surface area contributed by atoms with Gasteiger partial charge in [-0.25, -0.2) is 0 Å². The van der Waals surface area contributed by atoms with Crippen molar-refractivity contribution in [2.75, 3.05) is 5.73 Å². The van der Waals surface area contributed by atoms with E-state index in [9.17, 15) is 0 Å². The van der Waals surface area contributed by atoms with Crippen molar-refractivity contribution >= 4 is 5.69 Å². The van der Waals surface area contributed by atoms with Crippen LogP contribution in [0.5, 0.6) is 0 Å². The van der Waals surface area contributed by atoms with E-state index in [1.807, 2.05) is 17.7 Å². The summed E-state index contributed by atoms with van der Waals surface area (Å²) in [5.41, 5.74) is 7.20. The number of nitrogen functional groups attached to an aromatic ring is 1. The first kappa shape index (κ1) is 7.72. The second-order valence-corrected chi connectivity index (χ2v) is 2.73. The van der Waals surface area contributed by atoms with Crippen molar-refractivity contribution in [3.8, 4) is 11.4 Å². The number of aryl methyl sites for hydroxylation is 1. The highest BCUT2D eigenvalue weighted by atomic mass is 15.2. The van der Waals surface area contributed by atoms with Crippen LogP contribution in [0.15, 0.2) is 24.8 Å². The topological polar surface area (TPSA) is 69.6 Å². The third-order valence-electron chi connectivity index (χ3n) is 1.80. The minimum atomic E-state index is 0.610. The second kappa shape index (κ2) is 2.85. The highest BCUT2D eigenvalue weighted by Gasteiger charge is 2.06. The first-order chi connectivity index (χ1) is 6.29. The highest BCUT2D eigenvalue weighted by molar-refractivity contribution is 5.70. The molecule has 0 unspecified atom stereocenters. The Morgan fingerprint density at radius 1 is 1.46 bits per heavy atom. The number of anilines is 1. The maximum absolute atomic E-state index is 5.74. The van der Waals surface area contributed by atoms with Crippen LogP contribution in [0.4, 0.5) is 5.69 Å². The average Bonchev–Trinajstić information content (AvgIpc) is 2.52. The van der Waals surface area contributed by atoms with Gasteiger partial charge < -0.3 is 10.3 Å². The zero-order chi connectivity index (χ0) is 9.26. The molecule has 0 aliphatic carbocycles. The molecule has 0 saturated carbocycles. The molecule has 0 saturated heterocycles. The van der Waals surface area contributed by atoms with Gasteiger partial charge in [-0.05, 0) is 6.07 Å². The third kappa shape index (κ3) is 1.24. The number of aromatic nitrogens is 4. The summed E-state index contributed by atoms with van der Waals surface area (Å²) in [6.07, 6.45) is 4.92. The smallest absolute Gasteiger partial charge is 0.165 e. The number of rotatable bonds is 1. The Morgan fingerprint density at radius 3 is 2.92 bits per heavy atom. The maximum atomic E-state index is 5.74. The van der Waals surface area contributed by atoms with Crippen molar-refractivity contribution in [2.45, 2.75) is 0 Å². The molecule has 2 rings (SSSR count). The fourth-order valence-corrected chi connectivity index (χ4v) is 1.14. The molecule has 0 bridgehead atoms. The Kier molecular flexibility index (Phi) is 1.70. The summed E-state index contributed by atoms with van der Waals surface area (Å²) in [7, 11) is 1.87. The summed E-state index contributed by atoms with van der Waals surface area (Å²) in [6, 6.07) is 1.82. The first-order valence-electron chi connectivity index (χ1n) is 3.83. The predicted octanol–water partition coefficient (Wildman–Crippen LogP) is 0.459. The number of nitrogens with two attached hydrogens (primary N) is 1. The van der Waals surface area contributed by atoms with Crippen molar-refractivity contribution in [1.29, 1.82) is 0 Å². The Morgan fingerprint density at radius 2 is 2.31 bits per heavy atom. The fourth-order valence-electron chi connectivity index (χ4n) is 1.14. The second-order valence-electron chi connectivity index (χ2n) is 2.73. The van der Waals surface area contributed by atoms with E-state index in [4.69, 9.17) is 5.73 Å². The molecule has 2 aromatic heterocycles. The lowest BCUT2D eigenvalue weighted by Crippen LogP contribution is -1.96. The molecule has 0 aliphatic rings. The van der Waals surface area contributed by atoms with Crippen LogP contribution in [-0.2, 0) is 7.05 Å². The van der Waals surface area contributed by atoms with Gasteiger partial charge in [-0.15, -0.1) is 10.2 Å². The summed E-state index contributed by atoms with van der Waals surface area (Å²) < 4.78 is 1.81. The molecule has 13 heavy (non-hydrogen) atoms. The van der Waals surface area contributed by atoms with Crippen LogP contribution in [0.25, 0.3) is 11.4 Å². The summed E-state index contributed by atoms with van der Waals surface area (Å²) in [5.74, 6) is 0.750. The van der Waals surface area contributed by atoms with E-state index in [0.717, 1.165) is 11.4 Å². The van der Waals surface area contributed by atoms with Gasteiger partial charge in [-0.2, -0.15) is 0 Å². The Balaban J connectivity index is 2.59. The summed E-state index contributed by atoms with van der Waals surface area (Å²) in [6.45, 7) is 0. The maximum Gasteiger partial charge on any atom is 0.165 e. The zero-order valence-electron chi connectivity index (χ0n) is 7.18. The molecule has 0 aromatic carbocycles. The van der Waals surface area contributed by atoms with Gasteiger partial charge >= 0.3 is 0 Å². The predicted molar refractivity (Wildman–Crippen MR) is 48.6 cm³/mol. The number of hydrogen-bond donors (Lipinski definition) is 1. The third-order valence-corrected chi connectivity index (χ3v) is 1.80. The van der Waals surface area contributed by atoms with Gasteiger partial charge in [-0.1, -0.05) is 0 Å². The normalized spacial score (nSPS) is 10.2. The van der Waals surface area contributed by atoms with Gasteiger partial charge in [0.05, 0.1) is 11.9 Å². The van der Waals surface area contributed by atoms with Gasteiger partial charge in [0, 0.05) is 18.8 Å². The molecule has 5 heteroatoms. The van der Waals surface area contributed by atoms with Crippen LogP contribution < -0.4 is 5.73 Å². The van der Waals surface area contributed by atoms with Crippen LogP contribution in [0.3, 0.4) is 0 Å². The van der Waals surface area contributed by atoms with Gasteiger partial charge in [0.1, 0.15) is 6.33 Å². The molecule has 2 heterocycles. The van der Waals surface area contributed by atoms with Gasteiger partial charge in [0.25, 0.3) is 0 Å². The summed E-state index contributed by atoms with van der Waals surface area (Å²) in [4.78, 5) is 3.90. The number of hydrogen-bond acceptors (Lipinski definition) is 4. The van der Waals surface area contributed by atoms with Crippen molar-refractivity contribution < 1.29 is 0 Å². The molecular formula is C8H9N5. The van der Waals surface area contributed by atoms with E-state index in [1.54, 1.807) is 18.7 Å².